The minimum absolute atomic E-state index is 0.0819. The van der Waals surface area contributed by atoms with Crippen LogP contribution in [0.25, 0.3) is 11.3 Å². The zero-order valence-electron chi connectivity index (χ0n) is 17.4. The minimum atomic E-state index is -0.449. The second-order valence-electron chi connectivity index (χ2n) is 8.08. The van der Waals surface area contributed by atoms with E-state index < -0.39 is 5.82 Å². The van der Waals surface area contributed by atoms with Crippen LogP contribution in [0.5, 0.6) is 5.75 Å². The van der Waals surface area contributed by atoms with Crippen LogP contribution < -0.4 is 41.9 Å². The third kappa shape index (κ3) is 2.90. The van der Waals surface area contributed by atoms with E-state index in [0.29, 0.717) is 33.4 Å². The summed E-state index contributed by atoms with van der Waals surface area (Å²) in [6.07, 6.45) is 4.59. The Morgan fingerprint density at radius 2 is 2.22 bits per heavy atom. The van der Waals surface area contributed by atoms with Gasteiger partial charge in [0.05, 0.1) is 0 Å². The van der Waals surface area contributed by atoms with Crippen molar-refractivity contribution in [1.29, 1.82) is 0 Å². The first-order valence-electron chi connectivity index (χ1n) is 10.6. The molecule has 2 aromatic heterocycles. The number of rotatable bonds is 3. The molecule has 0 spiro atoms. The van der Waals surface area contributed by atoms with Gasteiger partial charge in [0.1, 0.15) is 0 Å². The first-order chi connectivity index (χ1) is 15.7. The van der Waals surface area contributed by atoms with Crippen molar-refractivity contribution < 1.29 is 35.1 Å². The standard InChI is InChI=1S/C23H22FIN5O2/c1-32-22-14(24)3-2-4-16(22)29-19-18-21-15(10-28-23(18)31)25-9-12-5-8-27-17-11-26-7-6-13(17)20(19)30(12)21/h2-4,6-7,11-12,15,27,29H,5,8-10H2,1H3,(H,28,31)/q-1. The van der Waals surface area contributed by atoms with Gasteiger partial charge in [0.2, 0.25) is 0 Å². The number of methoxy groups -OCH3 is 1. The molecule has 3 aliphatic heterocycles. The number of halogens is 2. The monoisotopic (exact) mass is 546 g/mol. The molecule has 1 aromatic carbocycles. The fourth-order valence-corrected chi connectivity index (χ4v) is 8.55. The van der Waals surface area contributed by atoms with Crippen molar-refractivity contribution in [3.63, 3.8) is 0 Å². The van der Waals surface area contributed by atoms with Crippen LogP contribution in [0.1, 0.15) is 32.4 Å². The molecule has 0 aliphatic carbocycles. The fraction of sp³-hybridized carbons (Fsp3) is 0.304. The van der Waals surface area contributed by atoms with Crippen LogP contribution in [0.3, 0.4) is 0 Å². The van der Waals surface area contributed by atoms with E-state index in [1.807, 2.05) is 12.3 Å². The number of alkyl halides is 2. The number of aromatic nitrogens is 2. The molecule has 7 nitrogen and oxygen atoms in total. The number of para-hydroxylation sites is 1. The molecule has 166 valence electrons. The van der Waals surface area contributed by atoms with Gasteiger partial charge in [-0.15, -0.1) is 0 Å². The number of ether oxygens (including phenoxy) is 1. The van der Waals surface area contributed by atoms with E-state index in [1.165, 1.54) is 17.6 Å². The van der Waals surface area contributed by atoms with E-state index in [0.717, 1.165) is 35.6 Å². The van der Waals surface area contributed by atoms with Crippen LogP contribution in [-0.2, 0) is 0 Å². The van der Waals surface area contributed by atoms with Gasteiger partial charge in [0.25, 0.3) is 0 Å². The van der Waals surface area contributed by atoms with Crippen LogP contribution in [0.4, 0.5) is 21.5 Å². The van der Waals surface area contributed by atoms with E-state index >= 15 is 0 Å². The van der Waals surface area contributed by atoms with Crippen molar-refractivity contribution in [3.8, 4) is 17.0 Å². The number of hydrogen-bond acceptors (Lipinski definition) is 5. The molecule has 32 heavy (non-hydrogen) atoms. The maximum atomic E-state index is 14.5. The van der Waals surface area contributed by atoms with E-state index in [9.17, 15) is 9.18 Å². The van der Waals surface area contributed by atoms with Gasteiger partial charge in [0.15, 0.2) is 0 Å². The first-order valence-corrected chi connectivity index (χ1v) is 13.4. The molecule has 0 saturated heterocycles. The quantitative estimate of drug-likeness (QED) is 0.333. The topological polar surface area (TPSA) is 80.2 Å². The summed E-state index contributed by atoms with van der Waals surface area (Å²) >= 11 is -0.0903. The number of pyridine rings is 1. The Labute approximate surface area is 195 Å². The molecular formula is C23H22FIN5O2-. The predicted molar refractivity (Wildman–Crippen MR) is 116 cm³/mol. The molecule has 0 fully saturated rings. The molecule has 3 aromatic rings. The maximum absolute atomic E-state index is 14.5. The van der Waals surface area contributed by atoms with Crippen molar-refractivity contribution >= 4 is 23.0 Å². The molecule has 3 N–H and O–H groups in total. The molecule has 1 amide bonds. The zero-order valence-corrected chi connectivity index (χ0v) is 19.6. The van der Waals surface area contributed by atoms with Crippen molar-refractivity contribution in [2.24, 2.45) is 0 Å². The molecule has 3 aliphatic rings. The number of amides is 1. The summed E-state index contributed by atoms with van der Waals surface area (Å²) < 4.78 is 23.7. The molecule has 0 saturated carbocycles. The Hall–Kier alpha value is -2.82. The van der Waals surface area contributed by atoms with E-state index in [2.05, 4.69) is 25.5 Å². The summed E-state index contributed by atoms with van der Waals surface area (Å²) in [5.41, 5.74) is 5.90. The Bertz CT molecular complexity index is 1240. The van der Waals surface area contributed by atoms with E-state index in [-0.39, 0.29) is 32.9 Å². The Morgan fingerprint density at radius 1 is 1.31 bits per heavy atom. The van der Waals surface area contributed by atoms with Gasteiger partial charge in [0, 0.05) is 0 Å². The van der Waals surface area contributed by atoms with Crippen molar-refractivity contribution in [3.05, 3.63) is 53.7 Å². The zero-order chi connectivity index (χ0) is 21.8. The summed E-state index contributed by atoms with van der Waals surface area (Å²) in [6.45, 7) is 1.55. The number of anilines is 3. The number of nitrogens with one attached hydrogen (secondary N) is 3. The Kier molecular flexibility index (Phi) is 4.74. The Balaban J connectivity index is 1.66. The van der Waals surface area contributed by atoms with Crippen molar-refractivity contribution in [1.82, 2.24) is 14.9 Å². The molecule has 5 heterocycles. The number of nitrogens with zero attached hydrogens (tertiary/aromatic N) is 2. The summed E-state index contributed by atoms with van der Waals surface area (Å²) in [6, 6.07) is 7.11. The third-order valence-corrected chi connectivity index (χ3v) is 9.95. The molecule has 6 rings (SSSR count). The van der Waals surface area contributed by atoms with Crippen molar-refractivity contribution in [2.75, 3.05) is 35.3 Å². The number of carbonyl (C=O) groups is 1. The van der Waals surface area contributed by atoms with Gasteiger partial charge < -0.3 is 0 Å². The molecule has 2 unspecified atom stereocenters. The normalized spacial score (nSPS) is 21.0. The van der Waals surface area contributed by atoms with Gasteiger partial charge >= 0.3 is 195 Å². The number of benzene rings is 1. The average Bonchev–Trinajstić information content (AvgIpc) is 3.12. The summed E-state index contributed by atoms with van der Waals surface area (Å²) in [5.74, 6) is -0.400. The van der Waals surface area contributed by atoms with Gasteiger partial charge in [-0.2, -0.15) is 0 Å². The molecule has 2 atom stereocenters. The van der Waals surface area contributed by atoms with Crippen LogP contribution >= 0.6 is 0 Å². The van der Waals surface area contributed by atoms with E-state index in [4.69, 9.17) is 4.74 Å². The van der Waals surface area contributed by atoms with Crippen LogP contribution in [0.2, 0.25) is 0 Å². The summed E-state index contributed by atoms with van der Waals surface area (Å²) in [5, 5.41) is 10.0. The average molecular weight is 546 g/mol. The summed E-state index contributed by atoms with van der Waals surface area (Å²) in [4.78, 5) is 17.5. The molecular weight excluding hydrogens is 524 g/mol. The number of hydrogen-bond donors (Lipinski definition) is 3. The van der Waals surface area contributed by atoms with Gasteiger partial charge in [-0.05, 0) is 0 Å². The van der Waals surface area contributed by atoms with Gasteiger partial charge in [-0.3, -0.25) is 0 Å². The van der Waals surface area contributed by atoms with Crippen LogP contribution in [-0.4, -0.2) is 40.1 Å². The number of fused-ring (bicyclic) bond motifs is 2. The van der Waals surface area contributed by atoms with Gasteiger partial charge in [-0.1, -0.05) is 0 Å². The Morgan fingerprint density at radius 3 is 3.09 bits per heavy atom. The second kappa shape index (κ2) is 7.65. The van der Waals surface area contributed by atoms with Crippen LogP contribution in [0, 0.1) is 5.82 Å². The van der Waals surface area contributed by atoms with E-state index in [1.54, 1.807) is 18.3 Å². The third-order valence-electron chi connectivity index (χ3n) is 6.33. The molecule has 0 radical (unpaired) electrons. The molecule has 9 heteroatoms. The fourth-order valence-electron chi connectivity index (χ4n) is 4.96. The predicted octanol–water partition coefficient (Wildman–Crippen LogP) is 0.685. The van der Waals surface area contributed by atoms with Crippen molar-refractivity contribution in [2.45, 2.75) is 16.4 Å². The first kappa shape index (κ1) is 19.8. The van der Waals surface area contributed by atoms with Gasteiger partial charge in [-0.25, -0.2) is 0 Å². The van der Waals surface area contributed by atoms with Crippen LogP contribution in [0.15, 0.2) is 36.7 Å². The second-order valence-corrected chi connectivity index (χ2v) is 11.3. The SMILES string of the molecule is COc1c(F)cccc1Nc1c2c3n4c1-c1ccncc1NCCC4C[I-]C3CNC2=O. The summed E-state index contributed by atoms with van der Waals surface area (Å²) in [7, 11) is 1.45. The number of carbonyl (C=O) groups excluding carboxylic acids is 1. The molecule has 0 bridgehead atoms.